The summed E-state index contributed by atoms with van der Waals surface area (Å²) in [5.74, 6) is 5.57. The van der Waals surface area contributed by atoms with E-state index in [1.54, 1.807) is 31.4 Å². The summed E-state index contributed by atoms with van der Waals surface area (Å²) in [5, 5.41) is 0. The van der Waals surface area contributed by atoms with Gasteiger partial charge in [-0.15, -0.1) is 0 Å². The van der Waals surface area contributed by atoms with Gasteiger partial charge in [-0.3, -0.25) is 9.97 Å². The van der Waals surface area contributed by atoms with Crippen molar-refractivity contribution < 1.29 is 0 Å². The highest BCUT2D eigenvalue weighted by Crippen LogP contribution is 2.43. The summed E-state index contributed by atoms with van der Waals surface area (Å²) < 4.78 is 0. The molecule has 21 rings (SSSR count). The van der Waals surface area contributed by atoms with E-state index in [1.807, 2.05) is 237 Å². The van der Waals surface area contributed by atoms with Gasteiger partial charge in [-0.05, 0) is 41.0 Å². The van der Waals surface area contributed by atoms with Gasteiger partial charge < -0.3 is 0 Å². The summed E-state index contributed by atoms with van der Waals surface area (Å²) in [6.45, 7) is 0. The monoisotopic (exact) mass is 1430 g/mol. The maximum absolute atomic E-state index is 4.80. The van der Waals surface area contributed by atoms with E-state index < -0.39 is 0 Å². The molecule has 9 aromatic carbocycles. The van der Waals surface area contributed by atoms with Crippen LogP contribution in [0.2, 0.25) is 0 Å². The van der Waals surface area contributed by atoms with Gasteiger partial charge in [0.15, 0.2) is 52.4 Å². The van der Waals surface area contributed by atoms with Crippen molar-refractivity contribution in [2.75, 3.05) is 0 Å². The summed E-state index contributed by atoms with van der Waals surface area (Å²) in [4.78, 5) is 89.1. The average molecular weight is 1430 g/mol. The molecule has 3 aliphatic rings. The smallest absolute Gasteiger partial charge is 0.201 e. The number of aromatic nitrogens is 19. The van der Waals surface area contributed by atoms with Gasteiger partial charge in [0.2, 0.25) is 5.82 Å². The fourth-order valence-electron chi connectivity index (χ4n) is 14.1. The number of pyridine rings is 2. The van der Waals surface area contributed by atoms with Crippen LogP contribution in [0.4, 0.5) is 0 Å². The summed E-state index contributed by atoms with van der Waals surface area (Å²) >= 11 is 0. The van der Waals surface area contributed by atoms with Crippen LogP contribution >= 0.6 is 0 Å². The van der Waals surface area contributed by atoms with Gasteiger partial charge in [0.05, 0.1) is 39.9 Å². The van der Waals surface area contributed by atoms with Crippen LogP contribution in [0.25, 0.3) is 171 Å². The molecule has 9 heterocycles. The molecule has 3 aliphatic carbocycles. The highest BCUT2D eigenvalue weighted by Gasteiger charge is 2.28. The summed E-state index contributed by atoms with van der Waals surface area (Å²) in [5.41, 5.74) is 25.8. The molecule has 19 heteroatoms. The quantitative estimate of drug-likeness (QED) is 0.110. The summed E-state index contributed by atoms with van der Waals surface area (Å²) in [6, 6.07) is 92.5. The molecule has 522 valence electrons. The first-order valence-electron chi connectivity index (χ1n) is 36.1. The Kier molecular flexibility index (Phi) is 17.6. The SMILES string of the molecule is c1ccc(-c2nc(-c3ccccc3)nc(-c3ccc(-c4ncnc5c4Cc4ccccc4-5)cn3)n2)cc1.c1ccc(-c2nc(-c3ccccc3)nc(-c3ccc(-c4ncnc5c4Cc4ccccc4-5)nc3)n2)cc1.c1ccc(-c2nc(-c3ccccc3)nc(-c3ncc(-c4ncnc5c4Cc4ccccc4-5)cn3)n2)cc1. The molecule has 0 unspecified atom stereocenters. The minimum atomic E-state index is 0.416. The Morgan fingerprint density at radius 1 is 0.162 bits per heavy atom. The second kappa shape index (κ2) is 29.5. The Labute approximate surface area is 637 Å². The lowest BCUT2D eigenvalue weighted by Gasteiger charge is -2.09. The fourth-order valence-corrected chi connectivity index (χ4v) is 14.1. The van der Waals surface area contributed by atoms with E-state index in [-0.39, 0.29) is 0 Å². The van der Waals surface area contributed by atoms with Crippen molar-refractivity contribution in [1.82, 2.24) is 94.7 Å². The van der Waals surface area contributed by atoms with E-state index in [0.717, 1.165) is 131 Å². The van der Waals surface area contributed by atoms with Gasteiger partial charge >= 0.3 is 0 Å². The molecule has 0 fully saturated rings. The standard InChI is InChI=1S/2C31H20N6.C30H19N7/c1-3-9-20(10-4-1)29-35-30(21-11-5-2-6-12-21)37-31(36-29)23-15-16-26(32-18-23)28-25-17-22-13-7-8-14-24(22)27(25)33-19-34-28;1-3-9-20(10-4-1)29-35-30(21-11-5-2-6-12-21)37-31(36-29)26-16-15-23(18-32-26)27-25-17-22-13-7-8-14-24(22)28(25)34-19-33-27;1-3-9-19(10-4-1)27-35-28(20-11-5-2-6-12-20)37-30(36-27)29-31-16-22(17-32-29)25-24-15-21-13-7-8-14-23(21)26(24)34-18-33-25/h2*1-16,18-19H,17H2;1-14,16-18H,15H2. The van der Waals surface area contributed by atoms with Gasteiger partial charge in [-0.1, -0.05) is 255 Å². The van der Waals surface area contributed by atoms with Crippen molar-refractivity contribution in [3.8, 4) is 171 Å². The maximum atomic E-state index is 4.80. The van der Waals surface area contributed by atoms with Crippen molar-refractivity contribution >= 4 is 0 Å². The number of rotatable bonds is 12. The zero-order chi connectivity index (χ0) is 73.8. The lowest BCUT2D eigenvalue weighted by molar-refractivity contribution is 1.03. The first kappa shape index (κ1) is 66.3. The lowest BCUT2D eigenvalue weighted by Crippen LogP contribution is -2.03. The molecule has 0 N–H and O–H groups in total. The number of nitrogens with zero attached hydrogens (tertiary/aromatic N) is 19. The number of hydrogen-bond acceptors (Lipinski definition) is 19. The van der Waals surface area contributed by atoms with Gasteiger partial charge in [0.1, 0.15) is 24.7 Å². The van der Waals surface area contributed by atoms with Crippen LogP contribution in [0.1, 0.15) is 33.4 Å². The van der Waals surface area contributed by atoms with E-state index >= 15 is 0 Å². The van der Waals surface area contributed by atoms with Crippen molar-refractivity contribution in [3.63, 3.8) is 0 Å². The molecule has 0 saturated carbocycles. The molecular formula is C92H59N19. The minimum Gasteiger partial charge on any atom is -0.254 e. The van der Waals surface area contributed by atoms with Crippen molar-refractivity contribution in [1.29, 1.82) is 0 Å². The minimum absolute atomic E-state index is 0.416. The predicted octanol–water partition coefficient (Wildman–Crippen LogP) is 18.3. The Balaban J connectivity index is 0.000000112. The Bertz CT molecular complexity index is 5650. The van der Waals surface area contributed by atoms with Crippen LogP contribution in [-0.4, -0.2) is 94.7 Å². The Hall–Kier alpha value is -15.4. The third kappa shape index (κ3) is 13.5. The van der Waals surface area contributed by atoms with Gasteiger partial charge in [-0.2, -0.15) is 0 Å². The second-order valence-electron chi connectivity index (χ2n) is 26.4. The second-order valence-corrected chi connectivity index (χ2v) is 26.4. The molecule has 0 aliphatic heterocycles. The summed E-state index contributed by atoms with van der Waals surface area (Å²) in [6.07, 6.45) is 14.5. The number of hydrogen-bond donors (Lipinski definition) is 0. The molecule has 19 nitrogen and oxygen atoms in total. The lowest BCUT2D eigenvalue weighted by atomic mass is 10.1. The van der Waals surface area contributed by atoms with Crippen LogP contribution in [-0.2, 0) is 19.3 Å². The predicted molar refractivity (Wildman–Crippen MR) is 427 cm³/mol. The van der Waals surface area contributed by atoms with Gasteiger partial charge in [-0.25, -0.2) is 84.7 Å². The van der Waals surface area contributed by atoms with Crippen LogP contribution in [0.5, 0.6) is 0 Å². The van der Waals surface area contributed by atoms with Crippen LogP contribution in [0.3, 0.4) is 0 Å². The molecular weight excluding hydrogens is 1370 g/mol. The first-order valence-corrected chi connectivity index (χ1v) is 36.1. The van der Waals surface area contributed by atoms with E-state index in [4.69, 9.17) is 54.8 Å². The zero-order valence-corrected chi connectivity index (χ0v) is 59.2. The molecule has 0 saturated heterocycles. The van der Waals surface area contributed by atoms with Gasteiger partial charge in [0.25, 0.3) is 0 Å². The largest absolute Gasteiger partial charge is 0.254 e. The van der Waals surface area contributed by atoms with E-state index in [1.165, 1.54) is 27.8 Å². The topological polar surface area (TPSA) is 245 Å². The highest BCUT2D eigenvalue weighted by molar-refractivity contribution is 5.83. The van der Waals surface area contributed by atoms with E-state index in [0.29, 0.717) is 63.9 Å². The molecule has 111 heavy (non-hydrogen) atoms. The number of fused-ring (bicyclic) bond motifs is 9. The normalized spacial score (nSPS) is 11.7. The van der Waals surface area contributed by atoms with Gasteiger partial charge in [0, 0.05) is 128 Å². The molecule has 0 amide bonds. The third-order valence-electron chi connectivity index (χ3n) is 19.5. The van der Waals surface area contributed by atoms with Crippen molar-refractivity contribution in [3.05, 3.63) is 356 Å². The third-order valence-corrected chi connectivity index (χ3v) is 19.5. The molecule has 0 bridgehead atoms. The molecule has 18 aromatic rings. The summed E-state index contributed by atoms with van der Waals surface area (Å²) in [7, 11) is 0. The van der Waals surface area contributed by atoms with Crippen molar-refractivity contribution in [2.24, 2.45) is 0 Å². The first-order chi connectivity index (χ1) is 55.0. The van der Waals surface area contributed by atoms with Crippen molar-refractivity contribution in [2.45, 2.75) is 19.3 Å². The van der Waals surface area contributed by atoms with Crippen LogP contribution in [0, 0.1) is 0 Å². The zero-order valence-electron chi connectivity index (χ0n) is 59.2. The average Bonchev–Trinajstić information content (AvgIpc) is 1.65. The van der Waals surface area contributed by atoms with Crippen LogP contribution in [0.15, 0.2) is 323 Å². The van der Waals surface area contributed by atoms with Crippen LogP contribution < -0.4 is 0 Å². The van der Waals surface area contributed by atoms with E-state index in [9.17, 15) is 0 Å². The Morgan fingerprint density at radius 2 is 0.432 bits per heavy atom. The molecule has 9 aromatic heterocycles. The highest BCUT2D eigenvalue weighted by atomic mass is 15.1. The molecule has 0 atom stereocenters. The Morgan fingerprint density at radius 3 is 0.793 bits per heavy atom. The molecule has 0 spiro atoms. The maximum Gasteiger partial charge on any atom is 0.201 e. The van der Waals surface area contributed by atoms with E-state index in [2.05, 4.69) is 94.5 Å². The fraction of sp³-hybridized carbons (Fsp3) is 0.0326. The number of benzene rings is 9. The molecule has 0 radical (unpaired) electrons.